The summed E-state index contributed by atoms with van der Waals surface area (Å²) in [6.45, 7) is 0.227. The third-order valence-electron chi connectivity index (χ3n) is 2.72. The zero-order chi connectivity index (χ0) is 15.4. The molecule has 112 valence electrons. The standard InChI is InChI=1S/C14H13N5OS2/c1-15-8-12(20)18-11-7-9(14-16-4-6-22-14)17-13(19-11)10-3-2-5-21-10/h2-7,15H,8H2,1H3,(H,17,18,19,20). The first-order valence-electron chi connectivity index (χ1n) is 6.53. The van der Waals surface area contributed by atoms with Crippen molar-refractivity contribution in [2.75, 3.05) is 18.9 Å². The first-order chi connectivity index (χ1) is 10.8. The molecule has 3 aromatic rings. The van der Waals surface area contributed by atoms with Gasteiger partial charge in [-0.25, -0.2) is 15.0 Å². The van der Waals surface area contributed by atoms with Gasteiger partial charge in [0.05, 0.1) is 11.4 Å². The van der Waals surface area contributed by atoms with Crippen molar-refractivity contribution >= 4 is 34.4 Å². The molecule has 0 aliphatic heterocycles. The molecule has 3 heterocycles. The highest BCUT2D eigenvalue weighted by atomic mass is 32.1. The molecule has 0 radical (unpaired) electrons. The topological polar surface area (TPSA) is 79.8 Å². The fraction of sp³-hybridized carbons (Fsp3) is 0.143. The zero-order valence-electron chi connectivity index (χ0n) is 11.7. The van der Waals surface area contributed by atoms with Gasteiger partial charge in [0.15, 0.2) is 5.82 Å². The lowest BCUT2D eigenvalue weighted by molar-refractivity contribution is -0.115. The number of carbonyl (C=O) groups is 1. The number of thiazole rings is 1. The first kappa shape index (κ1) is 14.8. The average molecular weight is 331 g/mol. The highest BCUT2D eigenvalue weighted by molar-refractivity contribution is 7.13. The highest BCUT2D eigenvalue weighted by Crippen LogP contribution is 2.27. The van der Waals surface area contributed by atoms with Crippen molar-refractivity contribution in [3.05, 3.63) is 35.2 Å². The molecule has 0 unspecified atom stereocenters. The molecular weight excluding hydrogens is 318 g/mol. The van der Waals surface area contributed by atoms with E-state index in [4.69, 9.17) is 0 Å². The summed E-state index contributed by atoms with van der Waals surface area (Å²) < 4.78 is 0. The van der Waals surface area contributed by atoms with Crippen LogP contribution in [0.4, 0.5) is 5.82 Å². The number of likely N-dealkylation sites (N-methyl/N-ethyl adjacent to an activating group) is 1. The lowest BCUT2D eigenvalue weighted by atomic mass is 10.3. The van der Waals surface area contributed by atoms with E-state index in [-0.39, 0.29) is 12.5 Å². The molecule has 0 aliphatic carbocycles. The Balaban J connectivity index is 2.00. The number of nitrogens with one attached hydrogen (secondary N) is 2. The summed E-state index contributed by atoms with van der Waals surface area (Å²) in [5.41, 5.74) is 0.702. The van der Waals surface area contributed by atoms with E-state index in [0.717, 1.165) is 9.88 Å². The molecule has 8 heteroatoms. The summed E-state index contributed by atoms with van der Waals surface area (Å²) in [5, 5.41) is 10.2. The number of hydrogen-bond donors (Lipinski definition) is 2. The third kappa shape index (κ3) is 3.35. The van der Waals surface area contributed by atoms with Gasteiger partial charge in [0, 0.05) is 17.6 Å². The number of hydrogen-bond acceptors (Lipinski definition) is 7. The largest absolute Gasteiger partial charge is 0.311 e. The van der Waals surface area contributed by atoms with Crippen molar-refractivity contribution in [1.82, 2.24) is 20.3 Å². The average Bonchev–Trinajstić information content (AvgIpc) is 3.21. The number of rotatable bonds is 5. The van der Waals surface area contributed by atoms with Crippen molar-refractivity contribution < 1.29 is 4.79 Å². The van der Waals surface area contributed by atoms with Crippen LogP contribution in [-0.2, 0) is 4.79 Å². The Hall–Kier alpha value is -2.16. The molecule has 1 amide bonds. The van der Waals surface area contributed by atoms with Crippen LogP contribution in [0.25, 0.3) is 21.4 Å². The van der Waals surface area contributed by atoms with Crippen LogP contribution in [0.3, 0.4) is 0 Å². The zero-order valence-corrected chi connectivity index (χ0v) is 13.4. The van der Waals surface area contributed by atoms with Gasteiger partial charge in [0.2, 0.25) is 5.91 Å². The first-order valence-corrected chi connectivity index (χ1v) is 8.29. The van der Waals surface area contributed by atoms with Crippen LogP contribution in [0.5, 0.6) is 0 Å². The molecule has 0 spiro atoms. The molecule has 0 saturated carbocycles. The van der Waals surface area contributed by atoms with Gasteiger partial charge in [0.1, 0.15) is 16.5 Å². The van der Waals surface area contributed by atoms with Gasteiger partial charge >= 0.3 is 0 Å². The van der Waals surface area contributed by atoms with Crippen LogP contribution in [0.2, 0.25) is 0 Å². The van der Waals surface area contributed by atoms with E-state index < -0.39 is 0 Å². The van der Waals surface area contributed by atoms with Crippen LogP contribution in [-0.4, -0.2) is 34.5 Å². The quantitative estimate of drug-likeness (QED) is 0.751. The van der Waals surface area contributed by atoms with Crippen LogP contribution in [0.1, 0.15) is 0 Å². The van der Waals surface area contributed by atoms with Gasteiger partial charge in [-0.05, 0) is 18.5 Å². The van der Waals surface area contributed by atoms with Crippen molar-refractivity contribution in [3.63, 3.8) is 0 Å². The molecule has 0 saturated heterocycles. The molecule has 0 bridgehead atoms. The summed E-state index contributed by atoms with van der Waals surface area (Å²) in [5.74, 6) is 0.912. The van der Waals surface area contributed by atoms with E-state index >= 15 is 0 Å². The van der Waals surface area contributed by atoms with E-state index in [1.165, 1.54) is 11.3 Å². The Kier molecular flexibility index (Phi) is 4.52. The predicted octanol–water partition coefficient (Wildman–Crippen LogP) is 2.49. The maximum Gasteiger partial charge on any atom is 0.239 e. The molecule has 3 aromatic heterocycles. The van der Waals surface area contributed by atoms with E-state index in [0.29, 0.717) is 17.3 Å². The maximum absolute atomic E-state index is 11.8. The summed E-state index contributed by atoms with van der Waals surface area (Å²) in [6, 6.07) is 5.63. The lowest BCUT2D eigenvalue weighted by Crippen LogP contribution is -2.25. The van der Waals surface area contributed by atoms with Gasteiger partial charge in [-0.3, -0.25) is 4.79 Å². The summed E-state index contributed by atoms with van der Waals surface area (Å²) in [6.07, 6.45) is 1.73. The molecule has 0 aliphatic rings. The Morgan fingerprint density at radius 3 is 2.86 bits per heavy atom. The third-order valence-corrected chi connectivity index (χ3v) is 4.39. The van der Waals surface area contributed by atoms with Crippen molar-refractivity contribution in [2.24, 2.45) is 0 Å². The fourth-order valence-electron chi connectivity index (χ4n) is 1.83. The second-order valence-corrected chi connectivity index (χ2v) is 6.20. The molecule has 0 fully saturated rings. The molecule has 3 rings (SSSR count). The minimum Gasteiger partial charge on any atom is -0.311 e. The SMILES string of the molecule is CNCC(=O)Nc1cc(-c2nccs2)nc(-c2cccs2)n1. The predicted molar refractivity (Wildman–Crippen MR) is 89.0 cm³/mol. The van der Waals surface area contributed by atoms with Crippen molar-refractivity contribution in [3.8, 4) is 21.4 Å². The monoisotopic (exact) mass is 331 g/mol. The molecule has 0 aromatic carbocycles. The van der Waals surface area contributed by atoms with Crippen LogP contribution in [0, 0.1) is 0 Å². The van der Waals surface area contributed by atoms with Crippen molar-refractivity contribution in [2.45, 2.75) is 0 Å². The second-order valence-electron chi connectivity index (χ2n) is 4.36. The minimum atomic E-state index is -0.150. The molecular formula is C14H13N5OS2. The number of thiophene rings is 1. The normalized spacial score (nSPS) is 10.6. The number of aromatic nitrogens is 3. The lowest BCUT2D eigenvalue weighted by Gasteiger charge is -2.07. The van der Waals surface area contributed by atoms with Gasteiger partial charge in [-0.2, -0.15) is 0 Å². The maximum atomic E-state index is 11.8. The van der Waals surface area contributed by atoms with Gasteiger partial charge in [0.25, 0.3) is 0 Å². The Bertz CT molecular complexity index is 703. The van der Waals surface area contributed by atoms with Gasteiger partial charge in [-0.15, -0.1) is 22.7 Å². The van der Waals surface area contributed by atoms with E-state index in [1.807, 2.05) is 22.9 Å². The number of amides is 1. The molecule has 6 nitrogen and oxygen atoms in total. The van der Waals surface area contributed by atoms with Crippen LogP contribution < -0.4 is 10.6 Å². The minimum absolute atomic E-state index is 0.150. The van der Waals surface area contributed by atoms with E-state index in [1.54, 1.807) is 30.6 Å². The number of nitrogens with zero attached hydrogens (tertiary/aromatic N) is 3. The molecule has 0 atom stereocenters. The summed E-state index contributed by atoms with van der Waals surface area (Å²) in [4.78, 5) is 26.0. The van der Waals surface area contributed by atoms with E-state index in [2.05, 4.69) is 25.6 Å². The van der Waals surface area contributed by atoms with Crippen LogP contribution in [0.15, 0.2) is 35.2 Å². The summed E-state index contributed by atoms with van der Waals surface area (Å²) in [7, 11) is 1.72. The highest BCUT2D eigenvalue weighted by Gasteiger charge is 2.12. The van der Waals surface area contributed by atoms with E-state index in [9.17, 15) is 4.79 Å². The summed E-state index contributed by atoms with van der Waals surface area (Å²) >= 11 is 3.05. The van der Waals surface area contributed by atoms with Crippen molar-refractivity contribution in [1.29, 1.82) is 0 Å². The molecule has 2 N–H and O–H groups in total. The fourth-order valence-corrected chi connectivity index (χ4v) is 3.09. The van der Waals surface area contributed by atoms with Gasteiger partial charge in [-0.1, -0.05) is 6.07 Å². The van der Waals surface area contributed by atoms with Gasteiger partial charge < -0.3 is 10.6 Å². The number of anilines is 1. The Morgan fingerprint density at radius 1 is 1.27 bits per heavy atom. The Labute approximate surface area is 135 Å². The Morgan fingerprint density at radius 2 is 2.18 bits per heavy atom. The second kappa shape index (κ2) is 6.73. The smallest absolute Gasteiger partial charge is 0.239 e. The molecule has 22 heavy (non-hydrogen) atoms. The van der Waals surface area contributed by atoms with Crippen LogP contribution >= 0.6 is 22.7 Å². The number of carbonyl (C=O) groups excluding carboxylic acids is 1.